The van der Waals surface area contributed by atoms with Crippen molar-refractivity contribution in [2.75, 3.05) is 19.8 Å². The van der Waals surface area contributed by atoms with Crippen molar-refractivity contribution in [1.29, 1.82) is 0 Å². The Labute approximate surface area is 116 Å². The fourth-order valence-electron chi connectivity index (χ4n) is 1.79. The second-order valence-corrected chi connectivity index (χ2v) is 4.86. The molecule has 0 radical (unpaired) electrons. The second kappa shape index (κ2) is 5.32. The molecule has 106 valence electrons. The number of hydrogen-bond acceptors (Lipinski definition) is 3. The highest BCUT2D eigenvalue weighted by Crippen LogP contribution is 2.27. The van der Waals surface area contributed by atoms with Crippen LogP contribution in [0.3, 0.4) is 0 Å². The summed E-state index contributed by atoms with van der Waals surface area (Å²) in [5.41, 5.74) is 7.55. The van der Waals surface area contributed by atoms with Gasteiger partial charge in [0.1, 0.15) is 12.4 Å². The van der Waals surface area contributed by atoms with Crippen molar-refractivity contribution >= 4 is 11.6 Å². The predicted octanol–water partition coefficient (Wildman–Crippen LogP) is 1.67. The summed E-state index contributed by atoms with van der Waals surface area (Å²) < 4.78 is 15.6. The first-order chi connectivity index (χ1) is 9.40. The Bertz CT molecular complexity index is 649. The fraction of sp³-hybridized carbons (Fsp3) is 0.286. The van der Waals surface area contributed by atoms with E-state index in [-0.39, 0.29) is 18.3 Å². The minimum atomic E-state index is -0.358. The van der Waals surface area contributed by atoms with E-state index in [1.165, 1.54) is 15.8 Å². The molecule has 0 aliphatic rings. The molecule has 1 heterocycles. The van der Waals surface area contributed by atoms with Crippen molar-refractivity contribution in [2.45, 2.75) is 13.5 Å². The lowest BCUT2D eigenvalue weighted by molar-refractivity contribution is -0.129. The van der Waals surface area contributed by atoms with Gasteiger partial charge in [-0.15, -0.1) is 0 Å². The average Bonchev–Trinajstić information content (AvgIpc) is 2.84. The number of amides is 1. The van der Waals surface area contributed by atoms with Crippen molar-refractivity contribution in [3.05, 3.63) is 35.9 Å². The normalized spacial score (nSPS) is 10.6. The van der Waals surface area contributed by atoms with Crippen LogP contribution < -0.4 is 5.73 Å². The summed E-state index contributed by atoms with van der Waals surface area (Å²) in [5, 5.41) is 4.08. The van der Waals surface area contributed by atoms with Gasteiger partial charge < -0.3 is 10.6 Å². The Balaban J connectivity index is 2.30. The lowest BCUT2D eigenvalue weighted by Gasteiger charge is -2.09. The molecule has 0 fully saturated rings. The van der Waals surface area contributed by atoms with Crippen LogP contribution in [0.4, 0.5) is 10.1 Å². The number of anilines is 1. The maximum atomic E-state index is 14.2. The Morgan fingerprint density at radius 2 is 2.15 bits per heavy atom. The van der Waals surface area contributed by atoms with Gasteiger partial charge in [0, 0.05) is 42.7 Å². The van der Waals surface area contributed by atoms with Crippen LogP contribution >= 0.6 is 0 Å². The van der Waals surface area contributed by atoms with Gasteiger partial charge in [-0.25, -0.2) is 4.39 Å². The smallest absolute Gasteiger partial charge is 0.243 e. The van der Waals surface area contributed by atoms with Crippen LogP contribution in [-0.2, 0) is 11.3 Å². The quantitative estimate of drug-likeness (QED) is 0.867. The molecule has 0 atom stereocenters. The number of halogens is 1. The summed E-state index contributed by atoms with van der Waals surface area (Å²) in [5.74, 6) is -0.433. The number of rotatable bonds is 3. The molecule has 2 N–H and O–H groups in total. The molecule has 1 aromatic carbocycles. The molecule has 1 aromatic heterocycles. The molecule has 0 unspecified atom stereocenters. The Morgan fingerprint density at radius 1 is 1.45 bits per heavy atom. The van der Waals surface area contributed by atoms with Gasteiger partial charge in [-0.05, 0) is 19.1 Å². The number of hydrogen-bond donors (Lipinski definition) is 1. The third-order valence-corrected chi connectivity index (χ3v) is 3.17. The molecule has 6 heteroatoms. The zero-order valence-electron chi connectivity index (χ0n) is 11.7. The number of carbonyl (C=O) groups is 1. The van der Waals surface area contributed by atoms with Crippen LogP contribution in [-0.4, -0.2) is 34.7 Å². The lowest BCUT2D eigenvalue weighted by Crippen LogP contribution is -2.26. The molecule has 0 aliphatic carbocycles. The van der Waals surface area contributed by atoms with Crippen molar-refractivity contribution in [2.24, 2.45) is 0 Å². The maximum Gasteiger partial charge on any atom is 0.243 e. The van der Waals surface area contributed by atoms with Gasteiger partial charge >= 0.3 is 0 Å². The van der Waals surface area contributed by atoms with E-state index in [9.17, 15) is 9.18 Å². The van der Waals surface area contributed by atoms with Crippen LogP contribution in [0.15, 0.2) is 24.5 Å². The Kier molecular flexibility index (Phi) is 3.74. The van der Waals surface area contributed by atoms with E-state index in [1.54, 1.807) is 39.3 Å². The summed E-state index contributed by atoms with van der Waals surface area (Å²) >= 11 is 0. The summed E-state index contributed by atoms with van der Waals surface area (Å²) in [7, 11) is 3.35. The fourth-order valence-corrected chi connectivity index (χ4v) is 1.79. The van der Waals surface area contributed by atoms with Crippen LogP contribution in [0.1, 0.15) is 5.56 Å². The highest BCUT2D eigenvalue weighted by molar-refractivity contribution is 5.75. The predicted molar refractivity (Wildman–Crippen MR) is 75.5 cm³/mol. The first-order valence-electron chi connectivity index (χ1n) is 6.17. The highest BCUT2D eigenvalue weighted by Gasteiger charge is 2.13. The van der Waals surface area contributed by atoms with Gasteiger partial charge in [-0.3, -0.25) is 9.48 Å². The minimum Gasteiger partial charge on any atom is -0.398 e. The first-order valence-corrected chi connectivity index (χ1v) is 6.17. The van der Waals surface area contributed by atoms with Gasteiger partial charge in [-0.2, -0.15) is 5.10 Å². The minimum absolute atomic E-state index is 0.0754. The van der Waals surface area contributed by atoms with E-state index in [2.05, 4.69) is 5.10 Å². The Hall–Kier alpha value is -2.37. The molecule has 0 saturated carbocycles. The number of nitrogen functional groups attached to an aromatic ring is 1. The molecule has 0 saturated heterocycles. The van der Waals surface area contributed by atoms with Crippen LogP contribution in [0.25, 0.3) is 11.1 Å². The third-order valence-electron chi connectivity index (χ3n) is 3.17. The average molecular weight is 276 g/mol. The van der Waals surface area contributed by atoms with Crippen molar-refractivity contribution in [1.82, 2.24) is 14.7 Å². The molecule has 2 rings (SSSR count). The SMILES string of the molecule is Cc1c(N)ccc(-c2cnn(CC(=O)N(C)C)c2)c1F. The molecular formula is C14H17FN4O. The number of likely N-dealkylation sites (N-methyl/N-ethyl adjacent to an activating group) is 1. The number of nitrogens with two attached hydrogens (primary N) is 1. The van der Waals surface area contributed by atoms with E-state index in [1.807, 2.05) is 0 Å². The van der Waals surface area contributed by atoms with E-state index in [0.29, 0.717) is 22.4 Å². The summed E-state index contributed by atoms with van der Waals surface area (Å²) in [6, 6.07) is 3.28. The zero-order chi connectivity index (χ0) is 14.9. The van der Waals surface area contributed by atoms with Gasteiger partial charge in [0.05, 0.1) is 6.20 Å². The van der Waals surface area contributed by atoms with E-state index >= 15 is 0 Å². The third kappa shape index (κ3) is 2.64. The summed E-state index contributed by atoms with van der Waals surface area (Å²) in [6.07, 6.45) is 3.19. The molecule has 0 spiro atoms. The van der Waals surface area contributed by atoms with Gasteiger partial charge in [-0.1, -0.05) is 0 Å². The number of aromatic nitrogens is 2. The van der Waals surface area contributed by atoms with Gasteiger partial charge in [0.15, 0.2) is 0 Å². The Morgan fingerprint density at radius 3 is 2.80 bits per heavy atom. The highest BCUT2D eigenvalue weighted by atomic mass is 19.1. The van der Waals surface area contributed by atoms with Crippen molar-refractivity contribution < 1.29 is 9.18 Å². The van der Waals surface area contributed by atoms with Crippen molar-refractivity contribution in [3.63, 3.8) is 0 Å². The van der Waals surface area contributed by atoms with Crippen LogP contribution in [0.2, 0.25) is 0 Å². The molecule has 2 aromatic rings. The number of benzene rings is 1. The molecular weight excluding hydrogens is 259 g/mol. The molecule has 20 heavy (non-hydrogen) atoms. The monoisotopic (exact) mass is 276 g/mol. The molecule has 0 bridgehead atoms. The largest absolute Gasteiger partial charge is 0.398 e. The summed E-state index contributed by atoms with van der Waals surface area (Å²) in [4.78, 5) is 13.1. The van der Waals surface area contributed by atoms with E-state index < -0.39 is 0 Å². The maximum absolute atomic E-state index is 14.2. The molecule has 1 amide bonds. The molecule has 0 aliphatic heterocycles. The number of nitrogens with zero attached hydrogens (tertiary/aromatic N) is 3. The van der Waals surface area contributed by atoms with Crippen LogP contribution in [0.5, 0.6) is 0 Å². The number of carbonyl (C=O) groups excluding carboxylic acids is 1. The van der Waals surface area contributed by atoms with E-state index in [4.69, 9.17) is 5.73 Å². The van der Waals surface area contributed by atoms with Crippen molar-refractivity contribution in [3.8, 4) is 11.1 Å². The van der Waals surface area contributed by atoms with Crippen LogP contribution in [0, 0.1) is 12.7 Å². The summed E-state index contributed by atoms with van der Waals surface area (Å²) in [6.45, 7) is 1.76. The lowest BCUT2D eigenvalue weighted by atomic mass is 10.0. The molecule has 5 nitrogen and oxygen atoms in total. The van der Waals surface area contributed by atoms with E-state index in [0.717, 1.165) is 0 Å². The first kappa shape index (κ1) is 14.0. The zero-order valence-corrected chi connectivity index (χ0v) is 11.7. The topological polar surface area (TPSA) is 64.1 Å². The van der Waals surface area contributed by atoms with Gasteiger partial charge in [0.2, 0.25) is 5.91 Å². The van der Waals surface area contributed by atoms with Gasteiger partial charge in [0.25, 0.3) is 0 Å². The standard InChI is InChI=1S/C14H17FN4O/c1-9-12(16)5-4-11(14(9)15)10-6-17-19(7-10)8-13(20)18(2)3/h4-7H,8,16H2,1-3H3. The second-order valence-electron chi connectivity index (χ2n) is 4.86.